The van der Waals surface area contributed by atoms with Crippen LogP contribution in [-0.4, -0.2) is 28.1 Å². The topological polar surface area (TPSA) is 69.7 Å². The summed E-state index contributed by atoms with van der Waals surface area (Å²) in [4.78, 5) is 11.3. The van der Waals surface area contributed by atoms with Gasteiger partial charge in [0.25, 0.3) is 10.1 Å². The average molecular weight is 362 g/mol. The van der Waals surface area contributed by atoms with E-state index < -0.39 is 10.1 Å². The third-order valence-electron chi connectivity index (χ3n) is 3.75. The molecule has 0 aliphatic rings. The minimum atomic E-state index is -3.68. The highest BCUT2D eigenvalue weighted by Crippen LogP contribution is 2.13. The van der Waals surface area contributed by atoms with Gasteiger partial charge >= 0.3 is 5.97 Å². The molecular formula is C19H22O5S. The van der Waals surface area contributed by atoms with Crippen LogP contribution in [0.15, 0.2) is 59.5 Å². The van der Waals surface area contributed by atoms with E-state index in [2.05, 4.69) is 4.74 Å². The summed E-state index contributed by atoms with van der Waals surface area (Å²) in [6, 6.07) is 16.0. The van der Waals surface area contributed by atoms with Crippen LogP contribution in [0.3, 0.4) is 0 Å². The SMILES string of the molecule is COC(=O)CCc1ccc(CCCOS(=O)(=O)c2ccccc2)cc1. The quantitative estimate of drug-likeness (QED) is 0.389. The van der Waals surface area contributed by atoms with Gasteiger partial charge in [-0.1, -0.05) is 42.5 Å². The van der Waals surface area contributed by atoms with Gasteiger partial charge in [-0.15, -0.1) is 0 Å². The predicted molar refractivity (Wildman–Crippen MR) is 94.7 cm³/mol. The molecule has 0 amide bonds. The van der Waals surface area contributed by atoms with Crippen LogP contribution in [0.4, 0.5) is 0 Å². The van der Waals surface area contributed by atoms with E-state index in [1.165, 1.54) is 19.2 Å². The molecule has 0 saturated heterocycles. The summed E-state index contributed by atoms with van der Waals surface area (Å²) in [6.07, 6.45) is 2.33. The molecule has 2 aromatic rings. The molecule has 25 heavy (non-hydrogen) atoms. The number of aryl methyl sites for hydroxylation is 2. The average Bonchev–Trinajstić information content (AvgIpc) is 2.65. The number of methoxy groups -OCH3 is 1. The van der Waals surface area contributed by atoms with Crippen LogP contribution in [0.2, 0.25) is 0 Å². The first-order valence-electron chi connectivity index (χ1n) is 8.10. The number of benzene rings is 2. The third-order valence-corrected chi connectivity index (χ3v) is 5.08. The smallest absolute Gasteiger partial charge is 0.305 e. The zero-order chi connectivity index (χ0) is 18.1. The Morgan fingerprint density at radius 3 is 2.12 bits per heavy atom. The molecule has 0 radical (unpaired) electrons. The molecule has 0 heterocycles. The second-order valence-electron chi connectivity index (χ2n) is 5.59. The van der Waals surface area contributed by atoms with Crippen molar-refractivity contribution < 1.29 is 22.1 Å². The van der Waals surface area contributed by atoms with Crippen LogP contribution < -0.4 is 0 Å². The Labute approximate surface area is 148 Å². The van der Waals surface area contributed by atoms with E-state index in [1.807, 2.05) is 24.3 Å². The number of carbonyl (C=O) groups excluding carboxylic acids is 1. The lowest BCUT2D eigenvalue weighted by Gasteiger charge is -2.06. The Morgan fingerprint density at radius 1 is 0.920 bits per heavy atom. The van der Waals surface area contributed by atoms with Crippen molar-refractivity contribution >= 4 is 16.1 Å². The van der Waals surface area contributed by atoms with Gasteiger partial charge in [0.15, 0.2) is 0 Å². The van der Waals surface area contributed by atoms with Gasteiger partial charge in [0.1, 0.15) is 0 Å². The molecule has 0 aliphatic heterocycles. The van der Waals surface area contributed by atoms with E-state index in [-0.39, 0.29) is 17.5 Å². The standard InChI is InChI=1S/C19H22O5S/c1-23-19(20)14-13-17-11-9-16(10-12-17)6-5-15-24-25(21,22)18-7-3-2-4-8-18/h2-4,7-12H,5-6,13-15H2,1H3. The van der Waals surface area contributed by atoms with Crippen LogP contribution in [0.5, 0.6) is 0 Å². The largest absolute Gasteiger partial charge is 0.469 e. The summed E-state index contributed by atoms with van der Waals surface area (Å²) in [5.74, 6) is -0.221. The van der Waals surface area contributed by atoms with Gasteiger partial charge in [-0.2, -0.15) is 8.42 Å². The summed E-state index contributed by atoms with van der Waals surface area (Å²) >= 11 is 0. The van der Waals surface area contributed by atoms with Crippen molar-refractivity contribution in [2.24, 2.45) is 0 Å². The second kappa shape index (κ2) is 9.34. The first-order valence-corrected chi connectivity index (χ1v) is 9.51. The van der Waals surface area contributed by atoms with Gasteiger partial charge < -0.3 is 4.74 Å². The van der Waals surface area contributed by atoms with Crippen molar-refractivity contribution in [3.05, 3.63) is 65.7 Å². The highest BCUT2D eigenvalue weighted by Gasteiger charge is 2.13. The molecule has 0 aliphatic carbocycles. The molecule has 0 spiro atoms. The van der Waals surface area contributed by atoms with E-state index in [0.29, 0.717) is 19.3 Å². The minimum Gasteiger partial charge on any atom is -0.469 e. The summed E-state index contributed by atoms with van der Waals surface area (Å²) in [5, 5.41) is 0. The van der Waals surface area contributed by atoms with Crippen LogP contribution in [0, 0.1) is 0 Å². The molecule has 6 heteroatoms. The molecule has 134 valence electrons. The summed E-state index contributed by atoms with van der Waals surface area (Å²) in [5.41, 5.74) is 2.17. The number of ether oxygens (including phenoxy) is 1. The Balaban J connectivity index is 1.75. The molecule has 0 fully saturated rings. The number of rotatable bonds is 9. The first-order chi connectivity index (χ1) is 12.0. The van der Waals surface area contributed by atoms with Crippen LogP contribution in [-0.2, 0) is 36.7 Å². The van der Waals surface area contributed by atoms with Crippen molar-refractivity contribution in [3.8, 4) is 0 Å². The summed E-state index contributed by atoms with van der Waals surface area (Å²) in [6.45, 7) is 0.140. The van der Waals surface area contributed by atoms with Gasteiger partial charge in [-0.25, -0.2) is 0 Å². The summed E-state index contributed by atoms with van der Waals surface area (Å²) < 4.78 is 33.6. The summed E-state index contributed by atoms with van der Waals surface area (Å²) in [7, 11) is -2.30. The second-order valence-corrected chi connectivity index (χ2v) is 7.20. The monoisotopic (exact) mass is 362 g/mol. The lowest BCUT2D eigenvalue weighted by Crippen LogP contribution is -2.08. The molecule has 0 bridgehead atoms. The number of carbonyl (C=O) groups is 1. The highest BCUT2D eigenvalue weighted by molar-refractivity contribution is 7.86. The van der Waals surface area contributed by atoms with Gasteiger partial charge in [-0.3, -0.25) is 8.98 Å². The van der Waals surface area contributed by atoms with Gasteiger partial charge in [-0.05, 0) is 42.5 Å². The maximum Gasteiger partial charge on any atom is 0.305 e. The van der Waals surface area contributed by atoms with Crippen molar-refractivity contribution in [2.45, 2.75) is 30.6 Å². The number of esters is 1. The normalized spacial score (nSPS) is 11.2. The molecule has 2 rings (SSSR count). The molecule has 0 atom stereocenters. The van der Waals surface area contributed by atoms with E-state index in [1.54, 1.807) is 18.2 Å². The molecule has 0 unspecified atom stereocenters. The molecular weight excluding hydrogens is 340 g/mol. The number of hydrogen-bond donors (Lipinski definition) is 0. The lowest BCUT2D eigenvalue weighted by molar-refractivity contribution is -0.140. The van der Waals surface area contributed by atoms with Crippen molar-refractivity contribution in [1.29, 1.82) is 0 Å². The van der Waals surface area contributed by atoms with E-state index in [4.69, 9.17) is 4.18 Å². The van der Waals surface area contributed by atoms with Gasteiger partial charge in [0.05, 0.1) is 18.6 Å². The van der Waals surface area contributed by atoms with E-state index >= 15 is 0 Å². The molecule has 5 nitrogen and oxygen atoms in total. The maximum absolute atomic E-state index is 12.0. The van der Waals surface area contributed by atoms with Crippen molar-refractivity contribution in [3.63, 3.8) is 0 Å². The molecule has 2 aromatic carbocycles. The predicted octanol–water partition coefficient (Wildman–Crippen LogP) is 3.13. The lowest BCUT2D eigenvalue weighted by atomic mass is 10.0. The Hall–Kier alpha value is -2.18. The van der Waals surface area contributed by atoms with Crippen molar-refractivity contribution in [1.82, 2.24) is 0 Å². The molecule has 0 saturated carbocycles. The maximum atomic E-state index is 12.0. The fourth-order valence-electron chi connectivity index (χ4n) is 2.32. The van der Waals surface area contributed by atoms with Gasteiger partial charge in [0, 0.05) is 6.42 Å². The first kappa shape index (κ1) is 19.1. The van der Waals surface area contributed by atoms with Gasteiger partial charge in [0.2, 0.25) is 0 Å². The fraction of sp³-hybridized carbons (Fsp3) is 0.316. The Kier molecular flexibility index (Phi) is 7.16. The van der Waals surface area contributed by atoms with Crippen LogP contribution >= 0.6 is 0 Å². The zero-order valence-electron chi connectivity index (χ0n) is 14.2. The Morgan fingerprint density at radius 2 is 1.52 bits per heavy atom. The van der Waals surface area contributed by atoms with Crippen LogP contribution in [0.25, 0.3) is 0 Å². The molecule has 0 aromatic heterocycles. The van der Waals surface area contributed by atoms with Crippen LogP contribution in [0.1, 0.15) is 24.0 Å². The minimum absolute atomic E-state index is 0.140. The third kappa shape index (κ3) is 6.32. The van der Waals surface area contributed by atoms with E-state index in [9.17, 15) is 13.2 Å². The Bertz CT molecular complexity index is 767. The molecule has 0 N–H and O–H groups in total. The zero-order valence-corrected chi connectivity index (χ0v) is 15.0. The fourth-order valence-corrected chi connectivity index (χ4v) is 3.29. The highest BCUT2D eigenvalue weighted by atomic mass is 32.2. The van der Waals surface area contributed by atoms with Crippen molar-refractivity contribution in [2.75, 3.05) is 13.7 Å². The van der Waals surface area contributed by atoms with E-state index in [0.717, 1.165) is 17.5 Å². The number of hydrogen-bond acceptors (Lipinski definition) is 5.